The van der Waals surface area contributed by atoms with Gasteiger partial charge in [-0.25, -0.2) is 0 Å². The maximum Gasteiger partial charge on any atom is 0.231 e. The summed E-state index contributed by atoms with van der Waals surface area (Å²) in [6.07, 6.45) is 0. The quantitative estimate of drug-likeness (QED) is 0.229. The molecule has 0 aliphatic carbocycles. The molecule has 110 valence electrons. The molecule has 1 spiro atoms. The Morgan fingerprint density at radius 1 is 1.50 bits per heavy atom. The minimum atomic E-state index is -2.33. The zero-order valence-corrected chi connectivity index (χ0v) is 10.8. The molecule has 0 radical (unpaired) electrons. The third-order valence-electron chi connectivity index (χ3n) is 4.10. The van der Waals surface area contributed by atoms with Crippen molar-refractivity contribution in [1.29, 1.82) is 10.8 Å². The van der Waals surface area contributed by atoms with E-state index in [1.54, 1.807) is 0 Å². The van der Waals surface area contributed by atoms with Crippen LogP contribution in [-0.2, 0) is 4.79 Å². The first-order chi connectivity index (χ1) is 9.29. The maximum atomic E-state index is 11.2. The molecule has 0 aromatic heterocycles. The SMILES string of the molecule is CC(=O)N[C@H]1CN2C(=N)NC[C@@H]3NC(=N)NC32C1(O)O. The molecule has 1 unspecified atom stereocenters. The second-order valence-electron chi connectivity index (χ2n) is 5.28. The highest BCUT2D eigenvalue weighted by Gasteiger charge is 2.72. The van der Waals surface area contributed by atoms with Crippen LogP contribution in [0.4, 0.5) is 0 Å². The van der Waals surface area contributed by atoms with E-state index in [1.165, 1.54) is 11.8 Å². The third kappa shape index (κ3) is 1.37. The monoisotopic (exact) mass is 283 g/mol. The summed E-state index contributed by atoms with van der Waals surface area (Å²) in [5.74, 6) is -2.75. The van der Waals surface area contributed by atoms with Gasteiger partial charge in [-0.3, -0.25) is 15.6 Å². The zero-order valence-electron chi connectivity index (χ0n) is 10.8. The zero-order chi connectivity index (χ0) is 14.7. The van der Waals surface area contributed by atoms with E-state index in [1.807, 2.05) is 0 Å². The van der Waals surface area contributed by atoms with Crippen molar-refractivity contribution in [2.75, 3.05) is 13.1 Å². The lowest BCUT2D eigenvalue weighted by molar-refractivity contribution is -0.230. The molecule has 20 heavy (non-hydrogen) atoms. The second kappa shape index (κ2) is 3.73. The first-order valence-electron chi connectivity index (χ1n) is 6.24. The molecule has 10 heteroatoms. The first-order valence-corrected chi connectivity index (χ1v) is 6.24. The summed E-state index contributed by atoms with van der Waals surface area (Å²) in [5, 5.41) is 47.6. The van der Waals surface area contributed by atoms with Crippen molar-refractivity contribution in [1.82, 2.24) is 26.2 Å². The number of amides is 1. The molecular formula is C10H17N7O3. The topological polar surface area (TPSA) is 157 Å². The van der Waals surface area contributed by atoms with Crippen LogP contribution >= 0.6 is 0 Å². The van der Waals surface area contributed by atoms with Crippen molar-refractivity contribution >= 4 is 17.8 Å². The van der Waals surface area contributed by atoms with E-state index in [0.717, 1.165) is 0 Å². The third-order valence-corrected chi connectivity index (χ3v) is 4.10. The Kier molecular flexibility index (Phi) is 2.41. The maximum absolute atomic E-state index is 11.2. The van der Waals surface area contributed by atoms with E-state index in [9.17, 15) is 15.0 Å². The summed E-state index contributed by atoms with van der Waals surface area (Å²) in [6, 6.07) is -1.49. The van der Waals surface area contributed by atoms with Gasteiger partial charge >= 0.3 is 0 Å². The van der Waals surface area contributed by atoms with Crippen LogP contribution in [0.15, 0.2) is 0 Å². The number of rotatable bonds is 1. The summed E-state index contributed by atoms with van der Waals surface area (Å²) in [6.45, 7) is 1.60. The Hall–Kier alpha value is -2.07. The fraction of sp³-hybridized carbons (Fsp3) is 0.700. The lowest BCUT2D eigenvalue weighted by atomic mass is 9.89. The largest absolute Gasteiger partial charge is 0.361 e. The van der Waals surface area contributed by atoms with Gasteiger partial charge in [-0.1, -0.05) is 0 Å². The summed E-state index contributed by atoms with van der Waals surface area (Å²) < 4.78 is 0. The molecule has 3 saturated heterocycles. The van der Waals surface area contributed by atoms with E-state index >= 15 is 0 Å². The summed E-state index contributed by atoms with van der Waals surface area (Å²) in [7, 11) is 0. The second-order valence-corrected chi connectivity index (χ2v) is 5.28. The number of hydrogen-bond donors (Lipinski definition) is 8. The number of hydrogen-bond acceptors (Lipinski definition) is 5. The van der Waals surface area contributed by atoms with E-state index < -0.39 is 29.4 Å². The Morgan fingerprint density at radius 2 is 2.20 bits per heavy atom. The standard InChI is InChI=1S/C10H17N7O3/c1-4(18)14-6-3-17-8(12)13-2-5-9(17,10(6,19)20)16-7(11)15-5/h5-6,19-20H,2-3H2,1H3,(H2,12,13)(H,14,18)(H3,11,15,16)/t5-,6-,9?/m0/s1. The molecule has 0 aromatic rings. The molecule has 3 atom stereocenters. The number of aliphatic hydroxyl groups is 2. The molecule has 3 aliphatic heterocycles. The highest BCUT2D eigenvalue weighted by Crippen LogP contribution is 2.41. The highest BCUT2D eigenvalue weighted by atomic mass is 16.5. The minimum Gasteiger partial charge on any atom is -0.361 e. The Balaban J connectivity index is 2.05. The van der Waals surface area contributed by atoms with Crippen molar-refractivity contribution in [2.45, 2.75) is 30.5 Å². The molecule has 0 bridgehead atoms. The van der Waals surface area contributed by atoms with Gasteiger partial charge in [-0.2, -0.15) is 0 Å². The molecule has 3 rings (SSSR count). The van der Waals surface area contributed by atoms with Crippen LogP contribution < -0.4 is 21.3 Å². The molecule has 3 heterocycles. The van der Waals surface area contributed by atoms with Crippen LogP contribution in [0.25, 0.3) is 0 Å². The average molecular weight is 283 g/mol. The van der Waals surface area contributed by atoms with Gasteiger partial charge in [-0.05, 0) is 0 Å². The predicted octanol–water partition coefficient (Wildman–Crippen LogP) is -3.78. The van der Waals surface area contributed by atoms with Gasteiger partial charge < -0.3 is 36.4 Å². The van der Waals surface area contributed by atoms with E-state index in [0.29, 0.717) is 0 Å². The van der Waals surface area contributed by atoms with Gasteiger partial charge in [-0.15, -0.1) is 0 Å². The predicted molar refractivity (Wildman–Crippen MR) is 67.7 cm³/mol. The fourth-order valence-corrected chi connectivity index (χ4v) is 3.27. The fourth-order valence-electron chi connectivity index (χ4n) is 3.27. The van der Waals surface area contributed by atoms with Crippen LogP contribution in [0.5, 0.6) is 0 Å². The van der Waals surface area contributed by atoms with E-state index in [-0.39, 0.29) is 25.0 Å². The van der Waals surface area contributed by atoms with Gasteiger partial charge in [0.05, 0.1) is 6.04 Å². The number of guanidine groups is 2. The van der Waals surface area contributed by atoms with Crippen LogP contribution in [0.1, 0.15) is 6.92 Å². The number of nitrogens with zero attached hydrogens (tertiary/aromatic N) is 1. The lowest BCUT2D eigenvalue weighted by Crippen LogP contribution is -2.78. The Bertz CT molecular complexity index is 507. The van der Waals surface area contributed by atoms with Crippen molar-refractivity contribution in [2.24, 2.45) is 0 Å². The molecule has 0 aromatic carbocycles. The van der Waals surface area contributed by atoms with Gasteiger partial charge in [0.2, 0.25) is 11.7 Å². The average Bonchev–Trinajstić information content (AvgIpc) is 2.78. The summed E-state index contributed by atoms with van der Waals surface area (Å²) in [4.78, 5) is 12.7. The number of carbonyl (C=O) groups is 1. The molecule has 10 nitrogen and oxygen atoms in total. The van der Waals surface area contributed by atoms with Gasteiger partial charge in [0.1, 0.15) is 6.04 Å². The van der Waals surface area contributed by atoms with E-state index in [4.69, 9.17) is 10.8 Å². The van der Waals surface area contributed by atoms with Gasteiger partial charge in [0, 0.05) is 20.0 Å². The lowest BCUT2D eigenvalue weighted by Gasteiger charge is -2.48. The number of carbonyl (C=O) groups excluding carboxylic acids is 1. The van der Waals surface area contributed by atoms with Crippen molar-refractivity contribution in [3.8, 4) is 0 Å². The smallest absolute Gasteiger partial charge is 0.231 e. The first kappa shape index (κ1) is 12.9. The van der Waals surface area contributed by atoms with Crippen molar-refractivity contribution < 1.29 is 15.0 Å². The van der Waals surface area contributed by atoms with Crippen molar-refractivity contribution in [3.05, 3.63) is 0 Å². The van der Waals surface area contributed by atoms with Crippen LogP contribution in [0.2, 0.25) is 0 Å². The van der Waals surface area contributed by atoms with E-state index in [2.05, 4.69) is 21.3 Å². The molecule has 0 saturated carbocycles. The van der Waals surface area contributed by atoms with Crippen LogP contribution in [0.3, 0.4) is 0 Å². The molecular weight excluding hydrogens is 266 g/mol. The molecule has 8 N–H and O–H groups in total. The normalized spacial score (nSPS) is 37.5. The van der Waals surface area contributed by atoms with Gasteiger partial charge in [0.25, 0.3) is 0 Å². The minimum absolute atomic E-state index is 0.0191. The summed E-state index contributed by atoms with van der Waals surface area (Å²) >= 11 is 0. The Morgan fingerprint density at radius 3 is 2.85 bits per heavy atom. The highest BCUT2D eigenvalue weighted by molar-refractivity contribution is 5.87. The van der Waals surface area contributed by atoms with Crippen LogP contribution in [0, 0.1) is 10.8 Å². The number of nitrogens with one attached hydrogen (secondary N) is 6. The van der Waals surface area contributed by atoms with Crippen LogP contribution in [-0.4, -0.2) is 69.6 Å². The Labute approximate surface area is 114 Å². The van der Waals surface area contributed by atoms with Gasteiger partial charge in [0.15, 0.2) is 17.6 Å². The summed E-state index contributed by atoms with van der Waals surface area (Å²) in [5.41, 5.74) is -1.44. The molecule has 1 amide bonds. The molecule has 3 fully saturated rings. The van der Waals surface area contributed by atoms with Crippen molar-refractivity contribution in [3.63, 3.8) is 0 Å². The molecule has 3 aliphatic rings.